The van der Waals surface area contributed by atoms with Crippen molar-refractivity contribution in [3.63, 3.8) is 0 Å². The highest BCUT2D eigenvalue weighted by Crippen LogP contribution is 2.24. The number of fused-ring (bicyclic) bond motifs is 1. The van der Waals surface area contributed by atoms with E-state index >= 15 is 0 Å². The van der Waals surface area contributed by atoms with Crippen molar-refractivity contribution in [3.05, 3.63) is 42.5 Å². The van der Waals surface area contributed by atoms with E-state index in [-0.39, 0.29) is 6.29 Å². The lowest BCUT2D eigenvalue weighted by Gasteiger charge is -2.04. The second-order valence-corrected chi connectivity index (χ2v) is 3.02. The van der Waals surface area contributed by atoms with Crippen LogP contribution < -0.4 is 4.74 Å². The molecule has 0 amide bonds. The van der Waals surface area contributed by atoms with Crippen LogP contribution in [0.15, 0.2) is 42.5 Å². The predicted octanol–water partition coefficient (Wildman–Crippen LogP) is 1.94. The summed E-state index contributed by atoms with van der Waals surface area (Å²) in [6.07, 6.45) is 0.155. The first kappa shape index (κ1) is 9.40. The quantitative estimate of drug-likeness (QED) is 0.322. The fourth-order valence-corrected chi connectivity index (χ4v) is 1.42. The van der Waals surface area contributed by atoms with Gasteiger partial charge in [-0.25, -0.2) is 4.79 Å². The zero-order chi connectivity index (χ0) is 10.7. The van der Waals surface area contributed by atoms with Crippen LogP contribution in [0.4, 0.5) is 0 Å². The van der Waals surface area contributed by atoms with Crippen LogP contribution in [-0.2, 0) is 9.59 Å². The highest BCUT2D eigenvalue weighted by atomic mass is 16.5. The van der Waals surface area contributed by atoms with Crippen molar-refractivity contribution in [1.82, 2.24) is 0 Å². The van der Waals surface area contributed by atoms with Crippen molar-refractivity contribution in [2.24, 2.45) is 0 Å². The molecule has 0 bridgehead atoms. The summed E-state index contributed by atoms with van der Waals surface area (Å²) in [5.74, 6) is -0.475. The Kier molecular flexibility index (Phi) is 2.46. The SMILES string of the molecule is O=CC(=O)Oc1cccc2ccccc12. The maximum Gasteiger partial charge on any atom is 0.376 e. The van der Waals surface area contributed by atoms with Gasteiger partial charge in [0.25, 0.3) is 0 Å². The molecule has 3 nitrogen and oxygen atoms in total. The maximum atomic E-state index is 10.8. The molecule has 0 saturated carbocycles. The molecule has 15 heavy (non-hydrogen) atoms. The molecule has 0 saturated heterocycles. The first-order valence-electron chi connectivity index (χ1n) is 4.46. The fraction of sp³-hybridized carbons (Fsp3) is 0. The lowest BCUT2D eigenvalue weighted by Crippen LogP contribution is -2.08. The average molecular weight is 200 g/mol. The molecule has 0 fully saturated rings. The molecule has 2 aromatic carbocycles. The number of hydrogen-bond donors (Lipinski definition) is 0. The van der Waals surface area contributed by atoms with Crippen molar-refractivity contribution in [3.8, 4) is 5.75 Å². The number of aldehydes is 1. The summed E-state index contributed by atoms with van der Waals surface area (Å²) in [7, 11) is 0. The third kappa shape index (κ3) is 1.86. The van der Waals surface area contributed by atoms with Crippen LogP contribution >= 0.6 is 0 Å². The summed E-state index contributed by atoms with van der Waals surface area (Å²) in [5, 5.41) is 1.78. The van der Waals surface area contributed by atoms with Crippen LogP contribution in [0.5, 0.6) is 5.75 Å². The van der Waals surface area contributed by atoms with Gasteiger partial charge in [-0.1, -0.05) is 36.4 Å². The molecular weight excluding hydrogens is 192 g/mol. The fourth-order valence-electron chi connectivity index (χ4n) is 1.42. The van der Waals surface area contributed by atoms with Gasteiger partial charge in [-0.05, 0) is 11.5 Å². The summed E-state index contributed by atoms with van der Waals surface area (Å²) in [6.45, 7) is 0. The maximum absolute atomic E-state index is 10.8. The van der Waals surface area contributed by atoms with Gasteiger partial charge in [-0.3, -0.25) is 4.79 Å². The van der Waals surface area contributed by atoms with Gasteiger partial charge in [0, 0.05) is 5.39 Å². The number of rotatable bonds is 2. The van der Waals surface area contributed by atoms with Gasteiger partial charge in [-0.15, -0.1) is 0 Å². The van der Waals surface area contributed by atoms with Crippen LogP contribution in [0, 0.1) is 0 Å². The number of carbonyl (C=O) groups is 2. The van der Waals surface area contributed by atoms with E-state index in [1.807, 2.05) is 30.3 Å². The Morgan fingerprint density at radius 2 is 1.80 bits per heavy atom. The topological polar surface area (TPSA) is 43.4 Å². The normalized spacial score (nSPS) is 9.87. The van der Waals surface area contributed by atoms with Gasteiger partial charge in [0.1, 0.15) is 5.75 Å². The largest absolute Gasteiger partial charge is 0.420 e. The monoisotopic (exact) mass is 200 g/mol. The molecule has 2 rings (SSSR count). The summed E-state index contributed by atoms with van der Waals surface area (Å²) in [4.78, 5) is 21.0. The van der Waals surface area contributed by atoms with Gasteiger partial charge >= 0.3 is 5.97 Å². The van der Waals surface area contributed by atoms with Gasteiger partial charge in [0.05, 0.1) is 0 Å². The Morgan fingerprint density at radius 1 is 1.07 bits per heavy atom. The van der Waals surface area contributed by atoms with Crippen LogP contribution in [0.3, 0.4) is 0 Å². The van der Waals surface area contributed by atoms with Gasteiger partial charge in [0.15, 0.2) is 0 Å². The Hall–Kier alpha value is -2.16. The smallest absolute Gasteiger partial charge is 0.376 e. The van der Waals surface area contributed by atoms with E-state index in [4.69, 9.17) is 4.74 Å². The van der Waals surface area contributed by atoms with Crippen molar-refractivity contribution in [1.29, 1.82) is 0 Å². The van der Waals surface area contributed by atoms with Crippen molar-refractivity contribution in [2.75, 3.05) is 0 Å². The molecule has 3 heteroatoms. The van der Waals surface area contributed by atoms with Crippen LogP contribution in [0.2, 0.25) is 0 Å². The van der Waals surface area contributed by atoms with Crippen LogP contribution in [-0.4, -0.2) is 12.3 Å². The lowest BCUT2D eigenvalue weighted by atomic mass is 10.1. The summed E-state index contributed by atoms with van der Waals surface area (Å²) < 4.78 is 4.87. The van der Waals surface area contributed by atoms with Crippen LogP contribution in [0.25, 0.3) is 10.8 Å². The van der Waals surface area contributed by atoms with E-state index in [1.54, 1.807) is 12.1 Å². The molecule has 74 valence electrons. The molecule has 0 atom stereocenters. The molecule has 0 heterocycles. The number of carbonyl (C=O) groups excluding carboxylic acids is 2. The molecule has 0 aliphatic rings. The standard InChI is InChI=1S/C12H8O3/c13-8-12(14)15-11-7-3-5-9-4-1-2-6-10(9)11/h1-8H. The average Bonchev–Trinajstić information content (AvgIpc) is 2.29. The van der Waals surface area contributed by atoms with Crippen molar-refractivity contribution >= 4 is 23.0 Å². The lowest BCUT2D eigenvalue weighted by molar-refractivity contribution is -0.141. The highest BCUT2D eigenvalue weighted by molar-refractivity contribution is 6.21. The predicted molar refractivity (Wildman–Crippen MR) is 55.6 cm³/mol. The second-order valence-electron chi connectivity index (χ2n) is 3.02. The molecule has 0 unspecified atom stereocenters. The Labute approximate surface area is 86.3 Å². The molecular formula is C12H8O3. The van der Waals surface area contributed by atoms with Crippen LogP contribution in [0.1, 0.15) is 0 Å². The third-order valence-electron chi connectivity index (χ3n) is 2.06. The Bertz CT molecular complexity index is 512. The van der Waals surface area contributed by atoms with E-state index < -0.39 is 5.97 Å². The van der Waals surface area contributed by atoms with E-state index in [2.05, 4.69) is 0 Å². The van der Waals surface area contributed by atoms with Gasteiger partial charge < -0.3 is 4.74 Å². The molecule has 0 radical (unpaired) electrons. The van der Waals surface area contributed by atoms with E-state index in [1.165, 1.54) is 0 Å². The number of benzene rings is 2. The number of ether oxygens (including phenoxy) is 1. The highest BCUT2D eigenvalue weighted by Gasteiger charge is 2.05. The van der Waals surface area contributed by atoms with E-state index in [0.29, 0.717) is 5.75 Å². The molecule has 0 aromatic heterocycles. The molecule has 0 N–H and O–H groups in total. The molecule has 2 aromatic rings. The zero-order valence-corrected chi connectivity index (χ0v) is 7.84. The molecule has 0 spiro atoms. The first-order chi connectivity index (χ1) is 7.31. The minimum absolute atomic E-state index is 0.155. The first-order valence-corrected chi connectivity index (χ1v) is 4.46. The zero-order valence-electron chi connectivity index (χ0n) is 7.84. The van der Waals surface area contributed by atoms with E-state index in [9.17, 15) is 9.59 Å². The summed E-state index contributed by atoms with van der Waals surface area (Å²) >= 11 is 0. The third-order valence-corrected chi connectivity index (χ3v) is 2.06. The minimum atomic E-state index is -0.883. The van der Waals surface area contributed by atoms with E-state index in [0.717, 1.165) is 10.8 Å². The Morgan fingerprint density at radius 3 is 2.60 bits per heavy atom. The molecule has 0 aliphatic carbocycles. The van der Waals surface area contributed by atoms with Crippen molar-refractivity contribution < 1.29 is 14.3 Å². The summed E-state index contributed by atoms with van der Waals surface area (Å²) in [6, 6.07) is 12.8. The number of esters is 1. The van der Waals surface area contributed by atoms with Gasteiger partial charge in [0.2, 0.25) is 6.29 Å². The number of hydrogen-bond acceptors (Lipinski definition) is 3. The second kappa shape index (κ2) is 3.92. The van der Waals surface area contributed by atoms with Crippen molar-refractivity contribution in [2.45, 2.75) is 0 Å². The minimum Gasteiger partial charge on any atom is -0.420 e. The Balaban J connectivity index is 2.51. The van der Waals surface area contributed by atoms with Gasteiger partial charge in [-0.2, -0.15) is 0 Å². The summed E-state index contributed by atoms with van der Waals surface area (Å²) in [5.41, 5.74) is 0. The molecule has 0 aliphatic heterocycles.